The van der Waals surface area contributed by atoms with Gasteiger partial charge >= 0.3 is 0 Å². The molecule has 1 aliphatic heterocycles. The Morgan fingerprint density at radius 3 is 2.44 bits per heavy atom. The standard InChI is InChI=1S/C30H25ClN2O7S/c1-3-5-22-14-20(15-26(39-4-2)28(22)40-18-19-6-10-23(31)11-7-19)16-27-29(35)32(30(36)41-27)17-25(34)21-8-12-24(13-9-21)33(37)38/h3,6-16H,1,4-5,17-18H2,2H3/b27-16-. The summed E-state index contributed by atoms with van der Waals surface area (Å²) in [6, 6.07) is 15.8. The number of carbonyl (C=O) groups is 3. The van der Waals surface area contributed by atoms with E-state index in [1.54, 1.807) is 30.4 Å². The van der Waals surface area contributed by atoms with Crippen LogP contribution in [-0.4, -0.2) is 39.9 Å². The zero-order chi connectivity index (χ0) is 29.5. The van der Waals surface area contributed by atoms with Crippen LogP contribution in [0.25, 0.3) is 6.08 Å². The van der Waals surface area contributed by atoms with Crippen LogP contribution >= 0.6 is 23.4 Å². The molecule has 41 heavy (non-hydrogen) atoms. The van der Waals surface area contributed by atoms with Gasteiger partial charge in [0.1, 0.15) is 6.61 Å². The first-order valence-corrected chi connectivity index (χ1v) is 13.7. The Hall–Kier alpha value is -4.41. The zero-order valence-corrected chi connectivity index (χ0v) is 23.6. The third-order valence-electron chi connectivity index (χ3n) is 5.99. The van der Waals surface area contributed by atoms with Crippen molar-refractivity contribution in [1.29, 1.82) is 0 Å². The number of carbonyl (C=O) groups excluding carboxylic acids is 3. The number of nitro benzene ring substituents is 1. The van der Waals surface area contributed by atoms with E-state index in [9.17, 15) is 24.5 Å². The molecule has 1 aliphatic rings. The second-order valence-corrected chi connectivity index (χ2v) is 10.3. The molecule has 0 aliphatic carbocycles. The van der Waals surface area contributed by atoms with Gasteiger partial charge < -0.3 is 9.47 Å². The highest BCUT2D eigenvalue weighted by molar-refractivity contribution is 8.18. The molecule has 3 aromatic carbocycles. The lowest BCUT2D eigenvalue weighted by Crippen LogP contribution is -2.33. The molecule has 1 heterocycles. The Labute approximate surface area is 245 Å². The number of hydrogen-bond acceptors (Lipinski definition) is 8. The van der Waals surface area contributed by atoms with E-state index >= 15 is 0 Å². The highest BCUT2D eigenvalue weighted by Crippen LogP contribution is 2.38. The van der Waals surface area contributed by atoms with E-state index in [0.29, 0.717) is 35.1 Å². The van der Waals surface area contributed by atoms with Gasteiger partial charge in [0, 0.05) is 28.3 Å². The fourth-order valence-corrected chi connectivity index (χ4v) is 4.99. The van der Waals surface area contributed by atoms with Gasteiger partial charge in [-0.25, -0.2) is 0 Å². The van der Waals surface area contributed by atoms with Crippen molar-refractivity contribution in [2.45, 2.75) is 20.0 Å². The first-order valence-electron chi connectivity index (χ1n) is 12.5. The fraction of sp³-hybridized carbons (Fsp3) is 0.167. The van der Waals surface area contributed by atoms with Crippen LogP contribution in [0.4, 0.5) is 10.5 Å². The number of ketones is 1. The number of rotatable bonds is 12. The summed E-state index contributed by atoms with van der Waals surface area (Å²) < 4.78 is 12.0. The Morgan fingerprint density at radius 1 is 1.10 bits per heavy atom. The molecular weight excluding hydrogens is 568 g/mol. The minimum atomic E-state index is -0.610. The molecule has 4 rings (SSSR count). The average molecular weight is 593 g/mol. The number of nitro groups is 1. The van der Waals surface area contributed by atoms with Gasteiger partial charge in [-0.3, -0.25) is 29.4 Å². The molecule has 0 bridgehead atoms. The van der Waals surface area contributed by atoms with Crippen LogP contribution in [0.3, 0.4) is 0 Å². The van der Waals surface area contributed by atoms with Crippen molar-refractivity contribution >= 4 is 52.1 Å². The van der Waals surface area contributed by atoms with Crippen LogP contribution < -0.4 is 9.47 Å². The lowest BCUT2D eigenvalue weighted by molar-refractivity contribution is -0.384. The summed E-state index contributed by atoms with van der Waals surface area (Å²) in [7, 11) is 0. The van der Waals surface area contributed by atoms with Crippen molar-refractivity contribution in [1.82, 2.24) is 4.90 Å². The van der Waals surface area contributed by atoms with E-state index in [2.05, 4.69) is 6.58 Å². The van der Waals surface area contributed by atoms with Crippen LogP contribution in [0, 0.1) is 10.1 Å². The summed E-state index contributed by atoms with van der Waals surface area (Å²) >= 11 is 6.71. The molecule has 0 unspecified atom stereocenters. The van der Waals surface area contributed by atoms with Crippen molar-refractivity contribution in [3.8, 4) is 11.5 Å². The van der Waals surface area contributed by atoms with Gasteiger partial charge in [0.2, 0.25) is 0 Å². The van der Waals surface area contributed by atoms with Crippen LogP contribution in [-0.2, 0) is 17.8 Å². The monoisotopic (exact) mass is 592 g/mol. The zero-order valence-electron chi connectivity index (χ0n) is 22.0. The molecule has 1 fully saturated rings. The maximum absolute atomic E-state index is 13.1. The van der Waals surface area contributed by atoms with E-state index < -0.39 is 28.4 Å². The lowest BCUT2D eigenvalue weighted by atomic mass is 10.0. The molecule has 0 atom stereocenters. The van der Waals surface area contributed by atoms with Gasteiger partial charge in [-0.15, -0.1) is 6.58 Å². The summed E-state index contributed by atoms with van der Waals surface area (Å²) in [4.78, 5) is 49.7. The molecule has 11 heteroatoms. The highest BCUT2D eigenvalue weighted by atomic mass is 35.5. The molecular formula is C30H25ClN2O7S. The first kappa shape index (κ1) is 29.6. The number of benzene rings is 3. The summed E-state index contributed by atoms with van der Waals surface area (Å²) in [5.74, 6) is -0.112. The smallest absolute Gasteiger partial charge is 0.293 e. The van der Waals surface area contributed by atoms with Gasteiger partial charge in [-0.1, -0.05) is 29.8 Å². The van der Waals surface area contributed by atoms with E-state index in [-0.39, 0.29) is 22.8 Å². The predicted octanol–water partition coefficient (Wildman–Crippen LogP) is 6.87. The summed E-state index contributed by atoms with van der Waals surface area (Å²) in [5.41, 5.74) is 2.29. The number of Topliss-reactive ketones (excluding diaryl/α,β-unsaturated/α-hetero) is 1. The van der Waals surface area contributed by atoms with Crippen molar-refractivity contribution < 1.29 is 28.8 Å². The highest BCUT2D eigenvalue weighted by Gasteiger charge is 2.36. The summed E-state index contributed by atoms with van der Waals surface area (Å²) in [5, 5.41) is 10.9. The van der Waals surface area contributed by atoms with Crippen molar-refractivity contribution in [3.63, 3.8) is 0 Å². The second-order valence-electron chi connectivity index (χ2n) is 8.84. The van der Waals surface area contributed by atoms with E-state index in [0.717, 1.165) is 27.8 Å². The third kappa shape index (κ3) is 7.22. The Balaban J connectivity index is 1.56. The molecule has 1 saturated heterocycles. The largest absolute Gasteiger partial charge is 0.490 e. The Bertz CT molecular complexity index is 1540. The number of allylic oxidation sites excluding steroid dienone is 1. The SMILES string of the molecule is C=CCc1cc(/C=C2\SC(=O)N(CC(=O)c3ccc([N+](=O)[O-])cc3)C2=O)cc(OCC)c1OCc1ccc(Cl)cc1. The van der Waals surface area contributed by atoms with Gasteiger partial charge in [-0.2, -0.15) is 0 Å². The number of ether oxygens (including phenoxy) is 2. The fourth-order valence-electron chi connectivity index (χ4n) is 4.03. The predicted molar refractivity (Wildman–Crippen MR) is 157 cm³/mol. The molecule has 0 aromatic heterocycles. The van der Waals surface area contributed by atoms with Crippen molar-refractivity contribution in [3.05, 3.63) is 116 Å². The number of halogens is 1. The number of non-ortho nitro benzene ring substituents is 1. The quantitative estimate of drug-likeness (QED) is 0.0735. The summed E-state index contributed by atoms with van der Waals surface area (Å²) in [6.07, 6.45) is 3.75. The number of imide groups is 1. The van der Waals surface area contributed by atoms with Crippen molar-refractivity contribution in [2.24, 2.45) is 0 Å². The average Bonchev–Trinajstić information content (AvgIpc) is 3.21. The van der Waals surface area contributed by atoms with Gasteiger partial charge in [-0.05, 0) is 78.7 Å². The maximum atomic E-state index is 13.1. The Kier molecular flexibility index (Phi) is 9.59. The number of amides is 2. The minimum Gasteiger partial charge on any atom is -0.490 e. The minimum absolute atomic E-state index is 0.147. The van der Waals surface area contributed by atoms with Crippen LogP contribution in [0.15, 0.2) is 78.2 Å². The van der Waals surface area contributed by atoms with Gasteiger partial charge in [0.25, 0.3) is 16.8 Å². The van der Waals surface area contributed by atoms with Crippen molar-refractivity contribution in [2.75, 3.05) is 13.2 Å². The molecule has 210 valence electrons. The molecule has 3 aromatic rings. The number of nitrogens with zero attached hydrogens (tertiary/aromatic N) is 2. The van der Waals surface area contributed by atoms with Gasteiger partial charge in [0.15, 0.2) is 17.3 Å². The molecule has 0 radical (unpaired) electrons. The van der Waals surface area contributed by atoms with E-state index in [1.165, 1.54) is 24.3 Å². The molecule has 9 nitrogen and oxygen atoms in total. The molecule has 2 amide bonds. The normalized spacial score (nSPS) is 13.9. The van der Waals surface area contributed by atoms with Gasteiger partial charge in [0.05, 0.1) is 23.0 Å². The first-order chi connectivity index (χ1) is 19.7. The summed E-state index contributed by atoms with van der Waals surface area (Å²) in [6.45, 7) is 5.84. The molecule has 0 spiro atoms. The number of hydrogen-bond donors (Lipinski definition) is 0. The molecule has 0 saturated carbocycles. The van der Waals surface area contributed by atoms with E-state index in [4.69, 9.17) is 21.1 Å². The van der Waals surface area contributed by atoms with E-state index in [1.807, 2.05) is 25.1 Å². The second kappa shape index (κ2) is 13.3. The maximum Gasteiger partial charge on any atom is 0.293 e. The topological polar surface area (TPSA) is 116 Å². The third-order valence-corrected chi connectivity index (χ3v) is 7.15. The Morgan fingerprint density at radius 2 is 1.80 bits per heavy atom. The van der Waals surface area contributed by atoms with Crippen LogP contribution in [0.2, 0.25) is 5.02 Å². The molecule has 0 N–H and O–H groups in total. The number of thioether (sulfide) groups is 1. The lowest BCUT2D eigenvalue weighted by Gasteiger charge is -2.17. The van der Waals surface area contributed by atoms with Crippen LogP contribution in [0.1, 0.15) is 34.0 Å². The van der Waals surface area contributed by atoms with Crippen LogP contribution in [0.5, 0.6) is 11.5 Å².